The van der Waals surface area contributed by atoms with Gasteiger partial charge < -0.3 is 4.90 Å². The minimum absolute atomic E-state index is 0.130. The molecule has 1 saturated heterocycles. The van der Waals surface area contributed by atoms with Gasteiger partial charge in [0.05, 0.1) is 5.69 Å². The fraction of sp³-hybridized carbons (Fsp3) is 0.444. The lowest BCUT2D eigenvalue weighted by molar-refractivity contribution is 0.0599. The van der Waals surface area contributed by atoms with Crippen molar-refractivity contribution in [2.75, 3.05) is 26.2 Å². The van der Waals surface area contributed by atoms with Gasteiger partial charge in [0.25, 0.3) is 5.91 Å². The van der Waals surface area contributed by atoms with Gasteiger partial charge in [-0.15, -0.1) is 11.3 Å². The fourth-order valence-electron chi connectivity index (χ4n) is 2.88. The molecule has 0 saturated carbocycles. The van der Waals surface area contributed by atoms with Crippen molar-refractivity contribution in [3.63, 3.8) is 0 Å². The number of amides is 1. The number of aromatic nitrogens is 1. The smallest absolute Gasteiger partial charge is 0.265 e. The number of piperazine rings is 1. The van der Waals surface area contributed by atoms with Crippen molar-refractivity contribution < 1.29 is 4.79 Å². The second kappa shape index (κ2) is 6.81. The van der Waals surface area contributed by atoms with Crippen LogP contribution in [0.5, 0.6) is 0 Å². The molecular formula is C18H23N3OS. The van der Waals surface area contributed by atoms with Gasteiger partial charge in [-0.05, 0) is 20.8 Å². The van der Waals surface area contributed by atoms with E-state index in [1.807, 2.05) is 42.2 Å². The molecule has 0 bridgehead atoms. The van der Waals surface area contributed by atoms with Crippen LogP contribution >= 0.6 is 11.3 Å². The summed E-state index contributed by atoms with van der Waals surface area (Å²) in [6, 6.07) is 10.6. The van der Waals surface area contributed by atoms with Crippen LogP contribution in [0.15, 0.2) is 30.3 Å². The van der Waals surface area contributed by atoms with Gasteiger partial charge in [0.2, 0.25) is 0 Å². The number of rotatable bonds is 3. The average molecular weight is 329 g/mol. The fourth-order valence-corrected chi connectivity index (χ4v) is 3.92. The molecular weight excluding hydrogens is 306 g/mol. The molecule has 23 heavy (non-hydrogen) atoms. The average Bonchev–Trinajstić information content (AvgIpc) is 2.97. The number of carbonyl (C=O) groups is 1. The molecule has 1 aromatic heterocycles. The highest BCUT2D eigenvalue weighted by atomic mass is 32.1. The van der Waals surface area contributed by atoms with E-state index in [-0.39, 0.29) is 5.91 Å². The van der Waals surface area contributed by atoms with E-state index < -0.39 is 0 Å². The van der Waals surface area contributed by atoms with Crippen molar-refractivity contribution in [3.05, 3.63) is 40.9 Å². The lowest BCUT2D eigenvalue weighted by Gasteiger charge is -2.36. The standard InChI is InChI=1S/C18H23N3OS/c1-13(2)20-9-11-21(12-10-20)18(22)16-14(3)19-17(23-16)15-7-5-4-6-8-15/h4-8,13H,9-12H2,1-3H3. The van der Waals surface area contributed by atoms with E-state index in [0.29, 0.717) is 6.04 Å². The molecule has 0 spiro atoms. The Labute approximate surface area is 141 Å². The molecule has 1 aliphatic heterocycles. The summed E-state index contributed by atoms with van der Waals surface area (Å²) >= 11 is 1.51. The summed E-state index contributed by atoms with van der Waals surface area (Å²) in [6.07, 6.45) is 0. The van der Waals surface area contributed by atoms with Gasteiger partial charge in [-0.1, -0.05) is 30.3 Å². The van der Waals surface area contributed by atoms with E-state index in [9.17, 15) is 4.79 Å². The Kier molecular flexibility index (Phi) is 4.78. The molecule has 0 N–H and O–H groups in total. The van der Waals surface area contributed by atoms with Crippen LogP contribution < -0.4 is 0 Å². The van der Waals surface area contributed by atoms with E-state index in [2.05, 4.69) is 23.7 Å². The zero-order valence-corrected chi connectivity index (χ0v) is 14.8. The zero-order valence-electron chi connectivity index (χ0n) is 14.0. The molecule has 122 valence electrons. The quantitative estimate of drug-likeness (QED) is 0.867. The molecule has 5 heteroatoms. The van der Waals surface area contributed by atoms with Crippen molar-refractivity contribution in [1.82, 2.24) is 14.8 Å². The van der Waals surface area contributed by atoms with Gasteiger partial charge in [0.1, 0.15) is 9.88 Å². The molecule has 2 aromatic rings. The second-order valence-corrected chi connectivity index (χ2v) is 7.22. The third-order valence-electron chi connectivity index (χ3n) is 4.34. The number of hydrogen-bond acceptors (Lipinski definition) is 4. The van der Waals surface area contributed by atoms with Crippen molar-refractivity contribution >= 4 is 17.2 Å². The van der Waals surface area contributed by atoms with E-state index in [0.717, 1.165) is 47.3 Å². The molecule has 0 radical (unpaired) electrons. The van der Waals surface area contributed by atoms with Crippen molar-refractivity contribution in [3.8, 4) is 10.6 Å². The van der Waals surface area contributed by atoms with Crippen LogP contribution in [-0.4, -0.2) is 52.9 Å². The Morgan fingerprint density at radius 3 is 2.39 bits per heavy atom. The predicted molar refractivity (Wildman–Crippen MR) is 94.9 cm³/mol. The summed E-state index contributed by atoms with van der Waals surface area (Å²) < 4.78 is 0. The van der Waals surface area contributed by atoms with Gasteiger partial charge in [-0.3, -0.25) is 9.69 Å². The van der Waals surface area contributed by atoms with Gasteiger partial charge in [0, 0.05) is 37.8 Å². The third-order valence-corrected chi connectivity index (χ3v) is 5.54. The molecule has 1 aromatic carbocycles. The highest BCUT2D eigenvalue weighted by Crippen LogP contribution is 2.28. The van der Waals surface area contributed by atoms with Crippen molar-refractivity contribution in [2.24, 2.45) is 0 Å². The minimum atomic E-state index is 0.130. The Hall–Kier alpha value is -1.72. The lowest BCUT2D eigenvalue weighted by atomic mass is 10.2. The van der Waals surface area contributed by atoms with Crippen LogP contribution in [0.3, 0.4) is 0 Å². The predicted octanol–water partition coefficient (Wildman–Crippen LogP) is 3.28. The van der Waals surface area contributed by atoms with Gasteiger partial charge in [0.15, 0.2) is 0 Å². The van der Waals surface area contributed by atoms with Gasteiger partial charge in [-0.2, -0.15) is 0 Å². The Balaban J connectivity index is 1.75. The van der Waals surface area contributed by atoms with E-state index in [1.165, 1.54) is 11.3 Å². The number of hydrogen-bond donors (Lipinski definition) is 0. The highest BCUT2D eigenvalue weighted by Gasteiger charge is 2.26. The first kappa shape index (κ1) is 16.1. The molecule has 0 atom stereocenters. The summed E-state index contributed by atoms with van der Waals surface area (Å²) in [4.78, 5) is 22.6. The highest BCUT2D eigenvalue weighted by molar-refractivity contribution is 7.17. The summed E-state index contributed by atoms with van der Waals surface area (Å²) in [5.41, 5.74) is 1.91. The van der Waals surface area contributed by atoms with E-state index >= 15 is 0 Å². The van der Waals surface area contributed by atoms with Crippen LogP contribution in [0.1, 0.15) is 29.2 Å². The maximum Gasteiger partial charge on any atom is 0.265 e. The summed E-state index contributed by atoms with van der Waals surface area (Å²) in [5.74, 6) is 0.130. The molecule has 1 aliphatic rings. The van der Waals surface area contributed by atoms with Crippen LogP contribution in [0.2, 0.25) is 0 Å². The number of carbonyl (C=O) groups excluding carboxylic acids is 1. The first-order chi connectivity index (χ1) is 11.1. The van der Waals surface area contributed by atoms with Crippen molar-refractivity contribution in [2.45, 2.75) is 26.8 Å². The molecule has 2 heterocycles. The summed E-state index contributed by atoms with van der Waals surface area (Å²) in [7, 11) is 0. The van der Waals surface area contributed by atoms with Crippen LogP contribution in [0.4, 0.5) is 0 Å². The van der Waals surface area contributed by atoms with Gasteiger partial charge >= 0.3 is 0 Å². The molecule has 3 rings (SSSR count). The van der Waals surface area contributed by atoms with E-state index in [1.54, 1.807) is 0 Å². The number of aryl methyl sites for hydroxylation is 1. The number of benzene rings is 1. The van der Waals surface area contributed by atoms with Crippen LogP contribution in [-0.2, 0) is 0 Å². The molecule has 1 amide bonds. The maximum absolute atomic E-state index is 12.8. The van der Waals surface area contributed by atoms with Crippen molar-refractivity contribution in [1.29, 1.82) is 0 Å². The summed E-state index contributed by atoms with van der Waals surface area (Å²) in [6.45, 7) is 9.85. The second-order valence-electron chi connectivity index (χ2n) is 6.22. The largest absolute Gasteiger partial charge is 0.335 e. The zero-order chi connectivity index (χ0) is 16.4. The molecule has 0 unspecified atom stereocenters. The van der Waals surface area contributed by atoms with Crippen LogP contribution in [0.25, 0.3) is 10.6 Å². The van der Waals surface area contributed by atoms with Crippen LogP contribution in [0, 0.1) is 6.92 Å². The maximum atomic E-state index is 12.8. The Morgan fingerprint density at radius 2 is 1.78 bits per heavy atom. The van der Waals surface area contributed by atoms with E-state index in [4.69, 9.17) is 0 Å². The Bertz CT molecular complexity index is 673. The number of nitrogens with zero attached hydrogens (tertiary/aromatic N) is 3. The summed E-state index contributed by atoms with van der Waals surface area (Å²) in [5, 5.41) is 0.923. The third kappa shape index (κ3) is 3.46. The molecule has 4 nitrogen and oxygen atoms in total. The minimum Gasteiger partial charge on any atom is -0.335 e. The van der Waals surface area contributed by atoms with Gasteiger partial charge in [-0.25, -0.2) is 4.98 Å². The topological polar surface area (TPSA) is 36.4 Å². The monoisotopic (exact) mass is 329 g/mol. The number of thiazole rings is 1. The normalized spacial score (nSPS) is 16.1. The molecule has 1 fully saturated rings. The first-order valence-corrected chi connectivity index (χ1v) is 8.94. The molecule has 0 aliphatic carbocycles. The lowest BCUT2D eigenvalue weighted by Crippen LogP contribution is -2.50. The SMILES string of the molecule is Cc1nc(-c2ccccc2)sc1C(=O)N1CCN(C(C)C)CC1. The Morgan fingerprint density at radius 1 is 1.13 bits per heavy atom. The first-order valence-electron chi connectivity index (χ1n) is 8.12.